The van der Waals surface area contributed by atoms with Crippen molar-refractivity contribution in [2.24, 2.45) is 0 Å². The molecule has 0 bridgehead atoms. The van der Waals surface area contributed by atoms with Gasteiger partial charge in [-0.3, -0.25) is 0 Å². The molecule has 4 aromatic rings. The fourth-order valence-corrected chi connectivity index (χ4v) is 3.27. The molecule has 0 aliphatic heterocycles. The molecule has 27 heavy (non-hydrogen) atoms. The molecule has 0 saturated heterocycles. The van der Waals surface area contributed by atoms with Crippen LogP contribution in [0.3, 0.4) is 0 Å². The average Bonchev–Trinajstić information content (AvgIpc) is 3.39. The Bertz CT molecular complexity index is 929. The second-order valence-electron chi connectivity index (χ2n) is 6.48. The molecular formula is C22H23N5. The number of imidazole rings is 2. The molecule has 2 aromatic carbocycles. The van der Waals surface area contributed by atoms with Gasteiger partial charge in [0.25, 0.3) is 0 Å². The third kappa shape index (κ3) is 4.33. The van der Waals surface area contributed by atoms with Crippen LogP contribution >= 0.6 is 0 Å². The van der Waals surface area contributed by atoms with E-state index in [1.807, 2.05) is 30.7 Å². The van der Waals surface area contributed by atoms with E-state index in [1.54, 1.807) is 6.20 Å². The molecule has 4 rings (SSSR count). The van der Waals surface area contributed by atoms with Crippen molar-refractivity contribution in [1.82, 2.24) is 24.8 Å². The lowest BCUT2D eigenvalue weighted by molar-refractivity contribution is 0.567. The van der Waals surface area contributed by atoms with Crippen LogP contribution in [-0.2, 0) is 13.0 Å². The lowest BCUT2D eigenvalue weighted by atomic mass is 10.1. The molecule has 0 spiro atoms. The molecule has 2 N–H and O–H groups in total. The minimum atomic E-state index is 0.0405. The Balaban J connectivity index is 1.42. The molecule has 136 valence electrons. The van der Waals surface area contributed by atoms with E-state index in [4.69, 9.17) is 0 Å². The number of benzene rings is 2. The van der Waals surface area contributed by atoms with Gasteiger partial charge < -0.3 is 14.9 Å². The summed E-state index contributed by atoms with van der Waals surface area (Å²) in [5, 5.41) is 3.62. The summed E-state index contributed by atoms with van der Waals surface area (Å²) >= 11 is 0. The summed E-state index contributed by atoms with van der Waals surface area (Å²) in [6.07, 6.45) is 8.42. The summed E-state index contributed by atoms with van der Waals surface area (Å²) in [5.41, 5.74) is 2.47. The zero-order chi connectivity index (χ0) is 18.3. The molecule has 0 aliphatic rings. The highest BCUT2D eigenvalue weighted by molar-refractivity contribution is 5.24. The van der Waals surface area contributed by atoms with Crippen LogP contribution in [0.15, 0.2) is 85.5 Å². The van der Waals surface area contributed by atoms with E-state index in [2.05, 4.69) is 73.4 Å². The van der Waals surface area contributed by atoms with Crippen LogP contribution in [0.4, 0.5) is 0 Å². The van der Waals surface area contributed by atoms with Crippen LogP contribution in [0.5, 0.6) is 0 Å². The third-order valence-corrected chi connectivity index (χ3v) is 4.62. The van der Waals surface area contributed by atoms with Crippen molar-refractivity contribution in [3.63, 3.8) is 0 Å². The van der Waals surface area contributed by atoms with Crippen molar-refractivity contribution < 1.29 is 0 Å². The minimum absolute atomic E-state index is 0.0405. The lowest BCUT2D eigenvalue weighted by Crippen LogP contribution is -2.26. The Kier molecular flexibility index (Phi) is 5.41. The number of nitrogens with one attached hydrogen (secondary N) is 2. The highest BCUT2D eigenvalue weighted by atomic mass is 15.1. The third-order valence-electron chi connectivity index (χ3n) is 4.62. The van der Waals surface area contributed by atoms with Crippen LogP contribution < -0.4 is 5.32 Å². The topological polar surface area (TPSA) is 58.5 Å². The smallest absolute Gasteiger partial charge is 0.127 e. The van der Waals surface area contributed by atoms with Crippen LogP contribution in [-0.4, -0.2) is 26.1 Å². The monoisotopic (exact) mass is 357 g/mol. The first kappa shape index (κ1) is 17.2. The summed E-state index contributed by atoms with van der Waals surface area (Å²) in [4.78, 5) is 12.2. The van der Waals surface area contributed by atoms with E-state index in [0.717, 1.165) is 31.2 Å². The summed E-state index contributed by atoms with van der Waals surface area (Å²) < 4.78 is 2.21. The Morgan fingerprint density at radius 3 is 2.44 bits per heavy atom. The van der Waals surface area contributed by atoms with Crippen molar-refractivity contribution in [2.75, 3.05) is 6.54 Å². The normalized spacial score (nSPS) is 12.1. The average molecular weight is 357 g/mol. The van der Waals surface area contributed by atoms with E-state index < -0.39 is 0 Å². The van der Waals surface area contributed by atoms with Crippen LogP contribution in [0.1, 0.15) is 28.8 Å². The van der Waals surface area contributed by atoms with Gasteiger partial charge in [-0.1, -0.05) is 60.7 Å². The molecule has 0 fully saturated rings. The number of H-pyrrole nitrogens is 1. The summed E-state index contributed by atoms with van der Waals surface area (Å²) in [7, 11) is 0. The van der Waals surface area contributed by atoms with Gasteiger partial charge in [0.2, 0.25) is 0 Å². The van der Waals surface area contributed by atoms with Gasteiger partial charge in [0.05, 0.1) is 6.04 Å². The largest absolute Gasteiger partial charge is 0.347 e. The number of hydrogen-bond acceptors (Lipinski definition) is 3. The second-order valence-corrected chi connectivity index (χ2v) is 6.48. The van der Waals surface area contributed by atoms with Crippen molar-refractivity contribution in [1.29, 1.82) is 0 Å². The molecule has 1 atom stereocenters. The van der Waals surface area contributed by atoms with Gasteiger partial charge in [0.1, 0.15) is 11.6 Å². The highest BCUT2D eigenvalue weighted by Crippen LogP contribution is 2.18. The number of rotatable bonds is 8. The molecule has 0 amide bonds. The summed E-state index contributed by atoms with van der Waals surface area (Å²) in [6, 6.07) is 20.9. The molecular weight excluding hydrogens is 334 g/mol. The predicted octanol–water partition coefficient (Wildman–Crippen LogP) is 3.58. The lowest BCUT2D eigenvalue weighted by Gasteiger charge is -2.17. The molecule has 5 nitrogen and oxygen atoms in total. The van der Waals surface area contributed by atoms with E-state index in [0.29, 0.717) is 0 Å². The van der Waals surface area contributed by atoms with Crippen molar-refractivity contribution >= 4 is 0 Å². The summed E-state index contributed by atoms with van der Waals surface area (Å²) in [5.74, 6) is 2.01. The van der Waals surface area contributed by atoms with Crippen molar-refractivity contribution in [3.05, 3.63) is 108 Å². The van der Waals surface area contributed by atoms with E-state index >= 15 is 0 Å². The number of nitrogens with zero attached hydrogens (tertiary/aromatic N) is 3. The van der Waals surface area contributed by atoms with Gasteiger partial charge in [-0.2, -0.15) is 0 Å². The Labute approximate surface area is 159 Å². The molecule has 0 aliphatic carbocycles. The Morgan fingerprint density at radius 1 is 0.926 bits per heavy atom. The second kappa shape index (κ2) is 8.47. The predicted molar refractivity (Wildman–Crippen MR) is 106 cm³/mol. The zero-order valence-electron chi connectivity index (χ0n) is 15.1. The zero-order valence-corrected chi connectivity index (χ0v) is 15.1. The number of aromatic amines is 1. The maximum absolute atomic E-state index is 4.54. The van der Waals surface area contributed by atoms with Crippen LogP contribution in [0, 0.1) is 0 Å². The maximum atomic E-state index is 4.54. The standard InChI is InChI=1S/C22H23N5/c1-3-7-18(8-4-1)17-27-16-15-23-20(27)11-12-24-21(22-25-13-14-26-22)19-9-5-2-6-10-19/h1-10,13-16,21,24H,11-12,17H2,(H,25,26). The van der Waals surface area contributed by atoms with E-state index in [1.165, 1.54) is 11.1 Å². The molecule has 0 radical (unpaired) electrons. The van der Waals surface area contributed by atoms with Gasteiger partial charge in [0, 0.05) is 44.3 Å². The van der Waals surface area contributed by atoms with Gasteiger partial charge in [-0.25, -0.2) is 9.97 Å². The first-order valence-electron chi connectivity index (χ1n) is 9.22. The molecule has 2 aromatic heterocycles. The molecule has 0 saturated carbocycles. The van der Waals surface area contributed by atoms with Crippen molar-refractivity contribution in [3.8, 4) is 0 Å². The fraction of sp³-hybridized carbons (Fsp3) is 0.182. The SMILES string of the molecule is c1ccc(Cn2ccnc2CCNC(c2ccccc2)c2ncc[nH]2)cc1. The first-order chi connectivity index (χ1) is 13.4. The van der Waals surface area contributed by atoms with E-state index in [9.17, 15) is 0 Å². The van der Waals surface area contributed by atoms with Gasteiger partial charge in [0.15, 0.2) is 0 Å². The summed E-state index contributed by atoms with van der Waals surface area (Å²) in [6.45, 7) is 1.66. The van der Waals surface area contributed by atoms with E-state index in [-0.39, 0.29) is 6.04 Å². The van der Waals surface area contributed by atoms with Crippen molar-refractivity contribution in [2.45, 2.75) is 19.0 Å². The Morgan fingerprint density at radius 2 is 1.70 bits per heavy atom. The maximum Gasteiger partial charge on any atom is 0.127 e. The quantitative estimate of drug-likeness (QED) is 0.507. The van der Waals surface area contributed by atoms with Gasteiger partial charge >= 0.3 is 0 Å². The van der Waals surface area contributed by atoms with Gasteiger partial charge in [-0.15, -0.1) is 0 Å². The number of aromatic nitrogens is 4. The first-order valence-corrected chi connectivity index (χ1v) is 9.22. The van der Waals surface area contributed by atoms with Crippen LogP contribution in [0.2, 0.25) is 0 Å². The fourth-order valence-electron chi connectivity index (χ4n) is 3.27. The number of hydrogen-bond donors (Lipinski definition) is 2. The molecule has 5 heteroatoms. The minimum Gasteiger partial charge on any atom is -0.347 e. The molecule has 2 heterocycles. The van der Waals surface area contributed by atoms with Crippen LogP contribution in [0.25, 0.3) is 0 Å². The molecule has 1 unspecified atom stereocenters. The van der Waals surface area contributed by atoms with Gasteiger partial charge in [-0.05, 0) is 11.1 Å². The highest BCUT2D eigenvalue weighted by Gasteiger charge is 2.15. The Hall–Kier alpha value is -3.18.